The van der Waals surface area contributed by atoms with Crippen LogP contribution in [0.2, 0.25) is 0 Å². The molecule has 4 heteroatoms. The van der Waals surface area contributed by atoms with E-state index in [1.165, 1.54) is 24.1 Å². The normalized spacial score (nSPS) is 20.8. The number of nitrogens with two attached hydrogens (primary N) is 1. The van der Waals surface area contributed by atoms with E-state index in [1.54, 1.807) is 0 Å². The van der Waals surface area contributed by atoms with Gasteiger partial charge in [0.25, 0.3) is 0 Å². The van der Waals surface area contributed by atoms with Crippen molar-refractivity contribution in [2.75, 3.05) is 7.11 Å². The fourth-order valence-electron chi connectivity index (χ4n) is 3.08. The summed E-state index contributed by atoms with van der Waals surface area (Å²) in [6.07, 6.45) is 8.22. The number of rotatable bonds is 6. The number of hydrogen-bond acceptors (Lipinski definition) is 4. The number of aryl methyl sites for hydroxylation is 1. The molecule has 3 N–H and O–H groups in total. The van der Waals surface area contributed by atoms with Gasteiger partial charge < -0.3 is 4.74 Å². The van der Waals surface area contributed by atoms with Crippen LogP contribution >= 0.6 is 11.3 Å². The molecule has 0 aliphatic heterocycles. The van der Waals surface area contributed by atoms with Crippen molar-refractivity contribution in [1.29, 1.82) is 0 Å². The van der Waals surface area contributed by atoms with Crippen LogP contribution in [-0.2, 0) is 11.2 Å². The molecule has 1 saturated carbocycles. The van der Waals surface area contributed by atoms with Gasteiger partial charge in [-0.05, 0) is 37.1 Å². The second-order valence-electron chi connectivity index (χ2n) is 5.17. The molecule has 0 spiro atoms. The second kappa shape index (κ2) is 6.66. The first-order chi connectivity index (χ1) is 8.80. The molecule has 0 bridgehead atoms. The minimum absolute atomic E-state index is 0.0513. The predicted molar refractivity (Wildman–Crippen MR) is 76.6 cm³/mol. The first-order valence-electron chi connectivity index (χ1n) is 6.84. The Balaban J connectivity index is 1.97. The van der Waals surface area contributed by atoms with Gasteiger partial charge in [0, 0.05) is 12.0 Å². The molecule has 18 heavy (non-hydrogen) atoms. The van der Waals surface area contributed by atoms with E-state index >= 15 is 0 Å². The smallest absolute Gasteiger partial charge is 0.0844 e. The van der Waals surface area contributed by atoms with Crippen molar-refractivity contribution in [3.8, 4) is 0 Å². The van der Waals surface area contributed by atoms with Crippen molar-refractivity contribution in [2.24, 2.45) is 5.84 Å². The lowest BCUT2D eigenvalue weighted by Gasteiger charge is -2.42. The average Bonchev–Trinajstić information content (AvgIpc) is 2.93. The van der Waals surface area contributed by atoms with Crippen LogP contribution in [0.4, 0.5) is 0 Å². The van der Waals surface area contributed by atoms with E-state index in [-0.39, 0.29) is 11.6 Å². The molecule has 1 fully saturated rings. The fraction of sp³-hybridized carbons (Fsp3) is 0.714. The van der Waals surface area contributed by atoms with E-state index in [0.29, 0.717) is 0 Å². The summed E-state index contributed by atoms with van der Waals surface area (Å²) in [7, 11) is 1.83. The van der Waals surface area contributed by atoms with E-state index in [1.807, 2.05) is 18.4 Å². The lowest BCUT2D eigenvalue weighted by atomic mass is 9.78. The molecule has 1 aromatic heterocycles. The highest BCUT2D eigenvalue weighted by molar-refractivity contribution is 7.09. The van der Waals surface area contributed by atoms with E-state index in [9.17, 15) is 0 Å². The van der Waals surface area contributed by atoms with Gasteiger partial charge >= 0.3 is 0 Å². The number of hydrogen-bond donors (Lipinski definition) is 2. The van der Waals surface area contributed by atoms with Crippen LogP contribution in [0, 0.1) is 0 Å². The maximum atomic E-state index is 5.86. The molecule has 0 radical (unpaired) electrons. The molecule has 1 heterocycles. The summed E-state index contributed by atoms with van der Waals surface area (Å²) in [5.41, 5.74) is 2.95. The van der Waals surface area contributed by atoms with Crippen LogP contribution in [0.15, 0.2) is 17.5 Å². The zero-order valence-electron chi connectivity index (χ0n) is 11.2. The Morgan fingerprint density at radius 2 is 2.22 bits per heavy atom. The van der Waals surface area contributed by atoms with Gasteiger partial charge in [-0.2, -0.15) is 0 Å². The lowest BCUT2D eigenvalue weighted by molar-refractivity contribution is -0.0692. The Morgan fingerprint density at radius 3 is 2.78 bits per heavy atom. The Morgan fingerprint density at radius 1 is 1.44 bits per heavy atom. The second-order valence-corrected chi connectivity index (χ2v) is 6.20. The molecule has 102 valence electrons. The largest absolute Gasteiger partial charge is 0.377 e. The van der Waals surface area contributed by atoms with Gasteiger partial charge in [-0.25, -0.2) is 0 Å². The quantitative estimate of drug-likeness (QED) is 0.616. The molecule has 1 atom stereocenters. The van der Waals surface area contributed by atoms with E-state index in [4.69, 9.17) is 10.6 Å². The monoisotopic (exact) mass is 268 g/mol. The topological polar surface area (TPSA) is 47.3 Å². The predicted octanol–water partition coefficient (Wildman–Crippen LogP) is 2.86. The molecule has 0 aromatic carbocycles. The molecule has 1 unspecified atom stereocenters. The summed E-state index contributed by atoms with van der Waals surface area (Å²) >= 11 is 1.82. The zero-order valence-corrected chi connectivity index (χ0v) is 12.0. The molecular weight excluding hydrogens is 244 g/mol. The molecule has 3 nitrogen and oxygen atoms in total. The summed E-state index contributed by atoms with van der Waals surface area (Å²) < 4.78 is 5.86. The van der Waals surface area contributed by atoms with Crippen LogP contribution in [0.5, 0.6) is 0 Å². The van der Waals surface area contributed by atoms with Gasteiger partial charge in [-0.3, -0.25) is 11.3 Å². The zero-order chi connectivity index (χ0) is 12.8. The SMILES string of the molecule is COC1(C(CCc2cccs2)NN)CCCCC1. The first-order valence-corrected chi connectivity index (χ1v) is 7.72. The van der Waals surface area contributed by atoms with Crippen molar-refractivity contribution >= 4 is 11.3 Å². The third-order valence-electron chi connectivity index (χ3n) is 4.20. The van der Waals surface area contributed by atoms with E-state index < -0.39 is 0 Å². The van der Waals surface area contributed by atoms with E-state index in [2.05, 4.69) is 22.9 Å². The molecule has 1 aliphatic carbocycles. The van der Waals surface area contributed by atoms with Crippen molar-refractivity contribution in [2.45, 2.75) is 56.6 Å². The summed E-state index contributed by atoms with van der Waals surface area (Å²) in [6, 6.07) is 4.56. The summed E-state index contributed by atoms with van der Waals surface area (Å²) in [6.45, 7) is 0. The van der Waals surface area contributed by atoms with Gasteiger partial charge in [0.2, 0.25) is 0 Å². The number of ether oxygens (including phenoxy) is 1. The number of hydrazine groups is 1. The van der Waals surface area contributed by atoms with Gasteiger partial charge in [-0.1, -0.05) is 25.3 Å². The highest BCUT2D eigenvalue weighted by Crippen LogP contribution is 2.35. The number of nitrogens with one attached hydrogen (secondary N) is 1. The van der Waals surface area contributed by atoms with Gasteiger partial charge in [-0.15, -0.1) is 11.3 Å². The Hall–Kier alpha value is -0.420. The minimum Gasteiger partial charge on any atom is -0.377 e. The van der Waals surface area contributed by atoms with Gasteiger partial charge in [0.15, 0.2) is 0 Å². The highest BCUT2D eigenvalue weighted by Gasteiger charge is 2.39. The summed E-state index contributed by atoms with van der Waals surface area (Å²) in [4.78, 5) is 1.43. The van der Waals surface area contributed by atoms with Crippen molar-refractivity contribution in [1.82, 2.24) is 5.43 Å². The van der Waals surface area contributed by atoms with Gasteiger partial charge in [0.05, 0.1) is 11.6 Å². The molecular formula is C14H24N2OS. The standard InChI is InChI=1S/C14H24N2OS/c1-17-14(9-3-2-4-10-14)13(16-15)8-7-12-6-5-11-18-12/h5-6,11,13,16H,2-4,7-10,15H2,1H3. The van der Waals surface area contributed by atoms with Crippen molar-refractivity contribution in [3.05, 3.63) is 22.4 Å². The van der Waals surface area contributed by atoms with Gasteiger partial charge in [0.1, 0.15) is 0 Å². The molecule has 1 aliphatic rings. The van der Waals surface area contributed by atoms with E-state index in [0.717, 1.165) is 25.7 Å². The Labute approximate surface area is 114 Å². The highest BCUT2D eigenvalue weighted by atomic mass is 32.1. The van der Waals surface area contributed by atoms with Crippen LogP contribution in [0.25, 0.3) is 0 Å². The maximum Gasteiger partial charge on any atom is 0.0844 e. The van der Waals surface area contributed by atoms with Crippen LogP contribution < -0.4 is 11.3 Å². The summed E-state index contributed by atoms with van der Waals surface area (Å²) in [5, 5.41) is 2.13. The Bertz CT molecular complexity index is 334. The van der Waals surface area contributed by atoms with Crippen LogP contribution in [0.1, 0.15) is 43.4 Å². The number of methoxy groups -OCH3 is 1. The van der Waals surface area contributed by atoms with Crippen LogP contribution in [-0.4, -0.2) is 18.8 Å². The minimum atomic E-state index is -0.0513. The third kappa shape index (κ3) is 3.12. The number of thiophene rings is 1. The average molecular weight is 268 g/mol. The summed E-state index contributed by atoms with van der Waals surface area (Å²) in [5.74, 6) is 5.78. The fourth-order valence-corrected chi connectivity index (χ4v) is 3.81. The van der Waals surface area contributed by atoms with Crippen LogP contribution in [0.3, 0.4) is 0 Å². The first kappa shape index (κ1) is 14.0. The Kier molecular flexibility index (Phi) is 5.18. The molecule has 0 amide bonds. The molecule has 0 saturated heterocycles. The lowest BCUT2D eigenvalue weighted by Crippen LogP contribution is -2.55. The maximum absolute atomic E-state index is 5.86. The molecule has 2 rings (SSSR count). The third-order valence-corrected chi connectivity index (χ3v) is 5.14. The van der Waals surface area contributed by atoms with Crippen molar-refractivity contribution < 1.29 is 4.74 Å². The van der Waals surface area contributed by atoms with Crippen molar-refractivity contribution in [3.63, 3.8) is 0 Å². The molecule has 1 aromatic rings.